The van der Waals surface area contributed by atoms with Crippen molar-refractivity contribution in [1.82, 2.24) is 4.90 Å². The van der Waals surface area contributed by atoms with E-state index in [4.69, 9.17) is 4.74 Å². The fraction of sp³-hybridized carbons (Fsp3) is 0.562. The van der Waals surface area contributed by atoms with Gasteiger partial charge in [0.15, 0.2) is 6.10 Å². The summed E-state index contributed by atoms with van der Waals surface area (Å²) in [5.74, 6) is -0.633. The zero-order valence-electron chi connectivity index (χ0n) is 13.0. The number of halogens is 3. The third kappa shape index (κ3) is 4.60. The molecular weight excluding hydrogens is 311 g/mol. The lowest BCUT2D eigenvalue weighted by molar-refractivity contribution is -0.143. The van der Waals surface area contributed by atoms with Gasteiger partial charge in [-0.2, -0.15) is 13.2 Å². The lowest BCUT2D eigenvalue weighted by atomic mass is 10.2. The van der Waals surface area contributed by atoms with Crippen molar-refractivity contribution in [2.75, 3.05) is 13.6 Å². The molecule has 1 fully saturated rings. The van der Waals surface area contributed by atoms with Crippen LogP contribution in [0.25, 0.3) is 0 Å². The van der Waals surface area contributed by atoms with E-state index in [9.17, 15) is 23.1 Å². The number of carbonyl (C=O) groups excluding carboxylic acids is 1. The Hall–Kier alpha value is -1.76. The predicted molar refractivity (Wildman–Crippen MR) is 77.9 cm³/mol. The van der Waals surface area contributed by atoms with E-state index in [0.717, 1.165) is 18.9 Å². The van der Waals surface area contributed by atoms with E-state index in [-0.39, 0.29) is 18.2 Å². The molecule has 7 heteroatoms. The highest BCUT2D eigenvalue weighted by Crippen LogP contribution is 2.36. The van der Waals surface area contributed by atoms with Crippen LogP contribution in [0.1, 0.15) is 25.3 Å². The van der Waals surface area contributed by atoms with Crippen molar-refractivity contribution in [3.05, 3.63) is 29.8 Å². The summed E-state index contributed by atoms with van der Waals surface area (Å²) < 4.78 is 44.0. The lowest BCUT2D eigenvalue weighted by Gasteiger charge is -2.25. The molecule has 0 saturated heterocycles. The summed E-state index contributed by atoms with van der Waals surface area (Å²) in [5, 5.41) is 9.85. The van der Waals surface area contributed by atoms with E-state index in [0.29, 0.717) is 0 Å². The highest BCUT2D eigenvalue weighted by molar-refractivity contribution is 5.80. The van der Waals surface area contributed by atoms with E-state index in [1.54, 1.807) is 0 Å². The molecule has 0 bridgehead atoms. The van der Waals surface area contributed by atoms with Gasteiger partial charge in [-0.05, 0) is 37.8 Å². The van der Waals surface area contributed by atoms with Gasteiger partial charge in [0.1, 0.15) is 5.75 Å². The zero-order chi connectivity index (χ0) is 17.2. The molecule has 0 radical (unpaired) electrons. The number of alkyl halides is 3. The summed E-state index contributed by atoms with van der Waals surface area (Å²) in [5.41, 5.74) is -0.916. The number of benzene rings is 1. The standard InChI is InChI=1S/C16H20F3NO3/c1-10(15(22)20(2)9-13(21)11-7-8-11)23-14-6-4-3-5-12(14)16(17,18)19/h3-6,10-11,13,21H,7-9H2,1-2H3. The Labute approximate surface area is 132 Å². The molecular formula is C16H20F3NO3. The fourth-order valence-electron chi connectivity index (χ4n) is 2.36. The van der Waals surface area contributed by atoms with Crippen LogP contribution < -0.4 is 4.74 Å². The molecule has 0 aromatic heterocycles. The normalized spacial score (nSPS) is 17.5. The molecule has 1 aliphatic carbocycles. The number of ether oxygens (including phenoxy) is 1. The number of aliphatic hydroxyl groups excluding tert-OH is 1. The highest BCUT2D eigenvalue weighted by atomic mass is 19.4. The largest absolute Gasteiger partial charge is 0.480 e. The quantitative estimate of drug-likeness (QED) is 0.872. The molecule has 1 amide bonds. The number of carbonyl (C=O) groups is 1. The molecule has 23 heavy (non-hydrogen) atoms. The van der Waals surface area contributed by atoms with Gasteiger partial charge in [-0.25, -0.2) is 0 Å². The molecule has 0 spiro atoms. The number of para-hydroxylation sites is 1. The van der Waals surface area contributed by atoms with Crippen LogP contribution in [0, 0.1) is 5.92 Å². The first-order valence-electron chi connectivity index (χ1n) is 7.46. The van der Waals surface area contributed by atoms with Gasteiger partial charge >= 0.3 is 6.18 Å². The Kier molecular flexibility index (Phi) is 5.19. The number of rotatable bonds is 6. The molecule has 1 aromatic rings. The lowest BCUT2D eigenvalue weighted by Crippen LogP contribution is -2.42. The summed E-state index contributed by atoms with van der Waals surface area (Å²) in [6.07, 6.45) is -4.34. The summed E-state index contributed by atoms with van der Waals surface area (Å²) >= 11 is 0. The summed E-state index contributed by atoms with van der Waals surface area (Å²) in [7, 11) is 1.50. The summed E-state index contributed by atoms with van der Waals surface area (Å²) in [6.45, 7) is 1.55. The van der Waals surface area contributed by atoms with Crippen LogP contribution in [-0.2, 0) is 11.0 Å². The summed E-state index contributed by atoms with van der Waals surface area (Å²) in [4.78, 5) is 13.5. The smallest absolute Gasteiger partial charge is 0.419 e. The molecule has 1 aromatic carbocycles. The first kappa shape index (κ1) is 17.6. The Morgan fingerprint density at radius 1 is 1.39 bits per heavy atom. The van der Waals surface area contributed by atoms with Crippen molar-refractivity contribution in [3.63, 3.8) is 0 Å². The first-order valence-corrected chi connectivity index (χ1v) is 7.46. The molecule has 2 unspecified atom stereocenters. The van der Waals surface area contributed by atoms with Crippen molar-refractivity contribution >= 4 is 5.91 Å². The van der Waals surface area contributed by atoms with Crippen molar-refractivity contribution in [1.29, 1.82) is 0 Å². The third-order valence-electron chi connectivity index (χ3n) is 3.85. The van der Waals surface area contributed by atoms with Crippen molar-refractivity contribution < 1.29 is 27.8 Å². The van der Waals surface area contributed by atoms with Gasteiger partial charge in [0.05, 0.1) is 11.7 Å². The average molecular weight is 331 g/mol. The predicted octanol–water partition coefficient (Wildman–Crippen LogP) is 2.70. The molecule has 2 atom stereocenters. The van der Waals surface area contributed by atoms with E-state index in [1.807, 2.05) is 0 Å². The molecule has 1 saturated carbocycles. The second-order valence-corrected chi connectivity index (χ2v) is 5.88. The zero-order valence-corrected chi connectivity index (χ0v) is 13.0. The second kappa shape index (κ2) is 6.78. The highest BCUT2D eigenvalue weighted by Gasteiger charge is 2.35. The maximum Gasteiger partial charge on any atom is 0.419 e. The van der Waals surface area contributed by atoms with Crippen LogP contribution in [0.5, 0.6) is 5.75 Å². The first-order chi connectivity index (χ1) is 10.7. The van der Waals surface area contributed by atoms with E-state index >= 15 is 0 Å². The van der Waals surface area contributed by atoms with Gasteiger partial charge in [-0.3, -0.25) is 4.79 Å². The van der Waals surface area contributed by atoms with Crippen LogP contribution in [0.15, 0.2) is 24.3 Å². The van der Waals surface area contributed by atoms with Crippen molar-refractivity contribution in [2.24, 2.45) is 5.92 Å². The molecule has 1 aliphatic rings. The Balaban J connectivity index is 2.00. The topological polar surface area (TPSA) is 49.8 Å². The van der Waals surface area contributed by atoms with Crippen molar-refractivity contribution in [2.45, 2.75) is 38.1 Å². The van der Waals surface area contributed by atoms with Gasteiger partial charge in [-0.15, -0.1) is 0 Å². The van der Waals surface area contributed by atoms with Gasteiger partial charge < -0.3 is 14.7 Å². The third-order valence-corrected chi connectivity index (χ3v) is 3.85. The fourth-order valence-corrected chi connectivity index (χ4v) is 2.36. The van der Waals surface area contributed by atoms with E-state index in [1.165, 1.54) is 37.1 Å². The van der Waals surface area contributed by atoms with E-state index < -0.39 is 29.9 Å². The number of hydrogen-bond donors (Lipinski definition) is 1. The number of aliphatic hydroxyl groups is 1. The molecule has 4 nitrogen and oxygen atoms in total. The maximum atomic E-state index is 12.9. The van der Waals surface area contributed by atoms with Crippen LogP contribution in [0.3, 0.4) is 0 Å². The number of nitrogens with zero attached hydrogens (tertiary/aromatic N) is 1. The molecule has 0 heterocycles. The monoisotopic (exact) mass is 331 g/mol. The molecule has 2 rings (SSSR count). The van der Waals surface area contributed by atoms with Crippen LogP contribution in [0.2, 0.25) is 0 Å². The average Bonchev–Trinajstić information content (AvgIpc) is 3.30. The van der Waals surface area contributed by atoms with Crippen LogP contribution in [0.4, 0.5) is 13.2 Å². The number of amides is 1. The van der Waals surface area contributed by atoms with Gasteiger partial charge in [0.25, 0.3) is 5.91 Å². The Bertz CT molecular complexity index is 558. The van der Waals surface area contributed by atoms with Crippen LogP contribution >= 0.6 is 0 Å². The van der Waals surface area contributed by atoms with Gasteiger partial charge in [0, 0.05) is 13.6 Å². The number of likely N-dealkylation sites (N-methyl/N-ethyl adjacent to an activating group) is 1. The minimum Gasteiger partial charge on any atom is -0.480 e. The van der Waals surface area contributed by atoms with Gasteiger partial charge in [-0.1, -0.05) is 12.1 Å². The maximum absolute atomic E-state index is 12.9. The molecule has 128 valence electrons. The Morgan fingerprint density at radius 3 is 2.57 bits per heavy atom. The van der Waals surface area contributed by atoms with Crippen molar-refractivity contribution in [3.8, 4) is 5.75 Å². The van der Waals surface area contributed by atoms with E-state index in [2.05, 4.69) is 0 Å². The van der Waals surface area contributed by atoms with Crippen LogP contribution in [-0.4, -0.2) is 41.7 Å². The molecule has 0 aliphatic heterocycles. The minimum atomic E-state index is -4.55. The Morgan fingerprint density at radius 2 is 2.00 bits per heavy atom. The SMILES string of the molecule is CC(Oc1ccccc1C(F)(F)F)C(=O)N(C)CC(O)C1CC1. The van der Waals surface area contributed by atoms with Gasteiger partial charge in [0.2, 0.25) is 0 Å². The summed E-state index contributed by atoms with van der Waals surface area (Å²) in [6, 6.07) is 4.78. The minimum absolute atomic E-state index is 0.151. The number of hydrogen-bond acceptors (Lipinski definition) is 3. The molecule has 1 N–H and O–H groups in total. The second-order valence-electron chi connectivity index (χ2n) is 5.88.